The van der Waals surface area contributed by atoms with Crippen molar-refractivity contribution < 1.29 is 0 Å². The molecule has 0 nitrogen and oxygen atoms in total. The molecule has 0 N–H and O–H groups in total. The highest BCUT2D eigenvalue weighted by Gasteiger charge is 2.32. The van der Waals surface area contributed by atoms with E-state index in [1.807, 2.05) is 0 Å². The summed E-state index contributed by atoms with van der Waals surface area (Å²) in [7, 11) is 0. The van der Waals surface area contributed by atoms with Crippen molar-refractivity contribution in [3.05, 3.63) is 24.3 Å². The number of fused-ring (bicyclic) bond motifs is 2. The van der Waals surface area contributed by atoms with Crippen LogP contribution in [-0.4, -0.2) is 0 Å². The minimum atomic E-state index is 0.939. The van der Waals surface area contributed by atoms with Crippen LogP contribution >= 0.6 is 0 Å². The lowest BCUT2D eigenvalue weighted by molar-refractivity contribution is 0.220. The monoisotopic (exact) mass is 426 g/mol. The molecule has 0 aromatic heterocycles. The third kappa shape index (κ3) is 7.50. The second kappa shape index (κ2) is 12.6. The van der Waals surface area contributed by atoms with Crippen LogP contribution in [0.15, 0.2) is 24.3 Å². The second-order valence-electron chi connectivity index (χ2n) is 12.2. The van der Waals surface area contributed by atoms with E-state index in [-0.39, 0.29) is 0 Å². The molecule has 5 fully saturated rings. The lowest BCUT2D eigenvalue weighted by atomic mass is 9.76. The summed E-state index contributed by atoms with van der Waals surface area (Å²) in [4.78, 5) is 0. The summed E-state index contributed by atoms with van der Waals surface area (Å²) in [5.74, 6) is 7.20. The van der Waals surface area contributed by atoms with E-state index < -0.39 is 0 Å². The molecule has 0 aromatic carbocycles. The lowest BCUT2D eigenvalue weighted by Gasteiger charge is -2.29. The van der Waals surface area contributed by atoms with E-state index in [2.05, 4.69) is 33.9 Å². The van der Waals surface area contributed by atoms with Gasteiger partial charge in [0.1, 0.15) is 0 Å². The molecule has 5 aliphatic carbocycles. The van der Waals surface area contributed by atoms with Gasteiger partial charge in [-0.3, -0.25) is 0 Å². The molecule has 178 valence electrons. The third-order valence-electron chi connectivity index (χ3n) is 9.78. The van der Waals surface area contributed by atoms with Crippen molar-refractivity contribution in [1.29, 1.82) is 0 Å². The molecule has 0 spiro atoms. The summed E-state index contributed by atoms with van der Waals surface area (Å²) in [6.45, 7) is 15.3. The minimum absolute atomic E-state index is 0.939. The molecule has 7 atom stereocenters. The Labute approximate surface area is 195 Å². The Balaban J connectivity index is 0.000000132. The van der Waals surface area contributed by atoms with Gasteiger partial charge >= 0.3 is 0 Å². The Morgan fingerprint density at radius 2 is 1.45 bits per heavy atom. The molecule has 0 heteroatoms. The Morgan fingerprint density at radius 1 is 0.742 bits per heavy atom. The van der Waals surface area contributed by atoms with Gasteiger partial charge in [-0.05, 0) is 106 Å². The quantitative estimate of drug-likeness (QED) is 0.385. The molecule has 7 unspecified atom stereocenters. The molecule has 0 heterocycles. The van der Waals surface area contributed by atoms with Crippen LogP contribution in [-0.2, 0) is 0 Å². The van der Waals surface area contributed by atoms with E-state index in [0.717, 1.165) is 41.4 Å². The van der Waals surface area contributed by atoms with Crippen LogP contribution in [0.3, 0.4) is 0 Å². The highest BCUT2D eigenvalue weighted by Crippen LogP contribution is 2.45. The fraction of sp³-hybridized carbons (Fsp3) is 0.871. The molecule has 0 aromatic rings. The van der Waals surface area contributed by atoms with Crippen molar-refractivity contribution in [2.24, 2.45) is 41.4 Å². The molecule has 0 amide bonds. The summed E-state index contributed by atoms with van der Waals surface area (Å²) in [5.41, 5.74) is 3.05. The molecule has 5 aliphatic rings. The Bertz CT molecular complexity index is 556. The van der Waals surface area contributed by atoms with Crippen LogP contribution in [0, 0.1) is 41.4 Å². The first kappa shape index (κ1) is 25.1. The lowest BCUT2D eigenvalue weighted by Crippen LogP contribution is -2.18. The van der Waals surface area contributed by atoms with Crippen molar-refractivity contribution in [3.63, 3.8) is 0 Å². The maximum Gasteiger partial charge on any atom is -0.0178 e. The molecule has 0 saturated heterocycles. The zero-order valence-corrected chi connectivity index (χ0v) is 21.5. The molecular formula is C31H54. The highest BCUT2D eigenvalue weighted by atomic mass is 14.4. The molecule has 0 bridgehead atoms. The average molecular weight is 427 g/mol. The minimum Gasteiger partial charge on any atom is -0.0999 e. The molecule has 0 aliphatic heterocycles. The summed E-state index contributed by atoms with van der Waals surface area (Å²) >= 11 is 0. The van der Waals surface area contributed by atoms with Crippen molar-refractivity contribution in [3.8, 4) is 0 Å². The van der Waals surface area contributed by atoms with Gasteiger partial charge in [-0.1, -0.05) is 90.0 Å². The Kier molecular flexibility index (Phi) is 10.2. The summed E-state index contributed by atoms with van der Waals surface area (Å²) in [6.07, 6.45) is 24.6. The van der Waals surface area contributed by atoms with Gasteiger partial charge in [0.05, 0.1) is 0 Å². The van der Waals surface area contributed by atoms with Crippen molar-refractivity contribution >= 4 is 0 Å². The van der Waals surface area contributed by atoms with Gasteiger partial charge < -0.3 is 0 Å². The van der Waals surface area contributed by atoms with E-state index in [1.54, 1.807) is 31.3 Å². The van der Waals surface area contributed by atoms with E-state index in [9.17, 15) is 0 Å². The van der Waals surface area contributed by atoms with E-state index in [4.69, 9.17) is 0 Å². The molecule has 5 rings (SSSR count). The predicted octanol–water partition coefficient (Wildman–Crippen LogP) is 10.1. The van der Waals surface area contributed by atoms with Crippen LogP contribution in [0.2, 0.25) is 0 Å². The zero-order valence-electron chi connectivity index (χ0n) is 21.5. The van der Waals surface area contributed by atoms with Crippen molar-refractivity contribution in [2.45, 2.75) is 130 Å². The number of rotatable bonds is 2. The summed E-state index contributed by atoms with van der Waals surface area (Å²) in [5, 5.41) is 0. The first-order chi connectivity index (χ1) is 15.0. The van der Waals surface area contributed by atoms with Crippen LogP contribution in [0.5, 0.6) is 0 Å². The van der Waals surface area contributed by atoms with E-state index >= 15 is 0 Å². The number of hydrogen-bond donors (Lipinski definition) is 0. The molecule has 5 saturated carbocycles. The zero-order chi connectivity index (χ0) is 22.2. The standard InChI is InChI=1S/C11H20.C10H16.C10H18/c1-4-5-11-8-9(2)6-7-10(11)3;1-8-4-2-5-9-6-3-7-10(8)9;1-8-5-6-9-3-2-4-10(9)7-8/h10-11H,2,4-8H2,1,3H3;9-10H,1-7H2;8-10H,2-7H2,1H3. The number of allylic oxidation sites excluding steroid dienone is 2. The largest absolute Gasteiger partial charge is 0.0999 e. The van der Waals surface area contributed by atoms with Gasteiger partial charge in [0.15, 0.2) is 0 Å². The fourth-order valence-electron chi connectivity index (χ4n) is 7.73. The van der Waals surface area contributed by atoms with Gasteiger partial charge in [0, 0.05) is 0 Å². The van der Waals surface area contributed by atoms with Gasteiger partial charge in [-0.15, -0.1) is 0 Å². The highest BCUT2D eigenvalue weighted by molar-refractivity contribution is 5.08. The van der Waals surface area contributed by atoms with Gasteiger partial charge in [-0.25, -0.2) is 0 Å². The molecule has 0 radical (unpaired) electrons. The topological polar surface area (TPSA) is 0 Å². The Hall–Kier alpha value is -0.520. The SMILES string of the molecule is C=C1CCC(C)C(CCC)C1.C=C1CCCC2CCCC12.CC1CCC2CCCC2C1. The first-order valence-electron chi connectivity index (χ1n) is 14.3. The molecular weight excluding hydrogens is 372 g/mol. The van der Waals surface area contributed by atoms with E-state index in [0.29, 0.717) is 0 Å². The first-order valence-corrected chi connectivity index (χ1v) is 14.3. The van der Waals surface area contributed by atoms with Crippen LogP contribution < -0.4 is 0 Å². The summed E-state index contributed by atoms with van der Waals surface area (Å²) < 4.78 is 0. The number of hydrogen-bond acceptors (Lipinski definition) is 0. The van der Waals surface area contributed by atoms with Crippen molar-refractivity contribution in [1.82, 2.24) is 0 Å². The van der Waals surface area contributed by atoms with Crippen LogP contribution in [0.4, 0.5) is 0 Å². The Morgan fingerprint density at radius 3 is 2.23 bits per heavy atom. The average Bonchev–Trinajstić information content (AvgIpc) is 3.41. The third-order valence-corrected chi connectivity index (χ3v) is 9.78. The van der Waals surface area contributed by atoms with Gasteiger partial charge in [0.25, 0.3) is 0 Å². The molecule has 31 heavy (non-hydrogen) atoms. The predicted molar refractivity (Wildman–Crippen MR) is 138 cm³/mol. The summed E-state index contributed by atoms with van der Waals surface area (Å²) in [6, 6.07) is 0. The van der Waals surface area contributed by atoms with Crippen LogP contribution in [0.25, 0.3) is 0 Å². The van der Waals surface area contributed by atoms with Gasteiger partial charge in [-0.2, -0.15) is 0 Å². The fourth-order valence-corrected chi connectivity index (χ4v) is 7.73. The maximum atomic E-state index is 4.16. The van der Waals surface area contributed by atoms with Crippen LogP contribution in [0.1, 0.15) is 130 Å². The normalized spacial score (nSPS) is 39.5. The van der Waals surface area contributed by atoms with Crippen molar-refractivity contribution in [2.75, 3.05) is 0 Å². The second-order valence-corrected chi connectivity index (χ2v) is 12.2. The maximum absolute atomic E-state index is 4.16. The van der Waals surface area contributed by atoms with E-state index in [1.165, 1.54) is 89.0 Å². The van der Waals surface area contributed by atoms with Gasteiger partial charge in [0.2, 0.25) is 0 Å². The smallest absolute Gasteiger partial charge is 0.0178 e.